The van der Waals surface area contributed by atoms with Crippen LogP contribution in [-0.2, 0) is 4.74 Å². The lowest BCUT2D eigenvalue weighted by Gasteiger charge is -2.16. The summed E-state index contributed by atoms with van der Waals surface area (Å²) in [4.78, 5) is 4.37. The largest absolute Gasteiger partial charge is 0.385 e. The third kappa shape index (κ3) is 3.73. The van der Waals surface area contributed by atoms with Crippen LogP contribution in [0.3, 0.4) is 0 Å². The van der Waals surface area contributed by atoms with Crippen molar-refractivity contribution in [3.8, 4) is 0 Å². The van der Waals surface area contributed by atoms with Gasteiger partial charge in [-0.2, -0.15) is 0 Å². The second-order valence-electron chi connectivity index (χ2n) is 4.96. The number of hydrogen-bond donors (Lipinski definition) is 1. The van der Waals surface area contributed by atoms with E-state index in [0.29, 0.717) is 6.04 Å². The van der Waals surface area contributed by atoms with Crippen molar-refractivity contribution in [1.82, 2.24) is 9.55 Å². The zero-order valence-corrected chi connectivity index (χ0v) is 10.9. The molecule has 1 aliphatic carbocycles. The predicted molar refractivity (Wildman–Crippen MR) is 69.3 cm³/mol. The van der Waals surface area contributed by atoms with Crippen molar-refractivity contribution in [2.75, 3.05) is 25.6 Å². The first-order chi connectivity index (χ1) is 8.31. The van der Waals surface area contributed by atoms with Gasteiger partial charge in [-0.15, -0.1) is 0 Å². The van der Waals surface area contributed by atoms with Crippen LogP contribution < -0.4 is 5.32 Å². The Labute approximate surface area is 103 Å². The Morgan fingerprint density at radius 2 is 2.41 bits per heavy atom. The van der Waals surface area contributed by atoms with E-state index >= 15 is 0 Å². The van der Waals surface area contributed by atoms with Gasteiger partial charge in [0.15, 0.2) is 0 Å². The molecule has 0 bridgehead atoms. The molecule has 0 radical (unpaired) electrons. The Hall–Kier alpha value is -1.03. The average Bonchev–Trinajstić information content (AvgIpc) is 3.00. The summed E-state index contributed by atoms with van der Waals surface area (Å²) in [6.45, 7) is 3.99. The molecule has 1 aliphatic rings. The van der Waals surface area contributed by atoms with Gasteiger partial charge in [-0.1, -0.05) is 12.8 Å². The minimum atomic E-state index is 0.551. The van der Waals surface area contributed by atoms with Crippen LogP contribution in [0.5, 0.6) is 0 Å². The summed E-state index contributed by atoms with van der Waals surface area (Å²) in [6.07, 6.45) is 9.07. The number of aromatic nitrogens is 2. The second kappa shape index (κ2) is 6.05. The Balaban J connectivity index is 1.82. The topological polar surface area (TPSA) is 39.1 Å². The van der Waals surface area contributed by atoms with Crippen LogP contribution in [0.25, 0.3) is 0 Å². The molecule has 4 nitrogen and oxygen atoms in total. The molecular formula is C13H23N3O. The van der Waals surface area contributed by atoms with E-state index in [1.165, 1.54) is 19.3 Å². The molecule has 2 rings (SSSR count). The Morgan fingerprint density at radius 3 is 3.12 bits per heavy atom. The maximum Gasteiger partial charge on any atom is 0.203 e. The number of nitrogens with one attached hydrogen (secondary N) is 1. The summed E-state index contributed by atoms with van der Waals surface area (Å²) in [6, 6.07) is 0.551. The maximum absolute atomic E-state index is 5.03. The Morgan fingerprint density at radius 1 is 1.59 bits per heavy atom. The van der Waals surface area contributed by atoms with Crippen molar-refractivity contribution in [3.63, 3.8) is 0 Å². The van der Waals surface area contributed by atoms with Gasteiger partial charge in [0.1, 0.15) is 0 Å². The zero-order valence-electron chi connectivity index (χ0n) is 10.9. The van der Waals surface area contributed by atoms with Gasteiger partial charge in [0.2, 0.25) is 5.95 Å². The van der Waals surface area contributed by atoms with Gasteiger partial charge >= 0.3 is 0 Å². The Bertz CT molecular complexity index is 333. The van der Waals surface area contributed by atoms with E-state index in [1.807, 2.05) is 6.20 Å². The predicted octanol–water partition coefficient (Wildman–Crippen LogP) is 2.69. The molecule has 17 heavy (non-hydrogen) atoms. The molecule has 1 atom stereocenters. The zero-order chi connectivity index (χ0) is 12.1. The summed E-state index contributed by atoms with van der Waals surface area (Å²) >= 11 is 0. The molecule has 1 saturated carbocycles. The third-order valence-electron chi connectivity index (χ3n) is 3.32. The summed E-state index contributed by atoms with van der Waals surface area (Å²) < 4.78 is 7.29. The van der Waals surface area contributed by atoms with Gasteiger partial charge in [-0.05, 0) is 25.7 Å². The molecule has 4 heteroatoms. The summed E-state index contributed by atoms with van der Waals surface area (Å²) in [5.74, 6) is 1.95. The summed E-state index contributed by atoms with van der Waals surface area (Å²) in [7, 11) is 1.73. The number of ether oxygens (including phenoxy) is 1. The molecule has 1 aromatic heterocycles. The van der Waals surface area contributed by atoms with E-state index in [4.69, 9.17) is 4.74 Å². The van der Waals surface area contributed by atoms with E-state index in [1.54, 1.807) is 7.11 Å². The molecule has 0 saturated heterocycles. The molecule has 1 fully saturated rings. The van der Waals surface area contributed by atoms with Gasteiger partial charge in [0.25, 0.3) is 0 Å². The van der Waals surface area contributed by atoms with Crippen molar-refractivity contribution < 1.29 is 4.74 Å². The Kier molecular flexibility index (Phi) is 4.42. The van der Waals surface area contributed by atoms with Gasteiger partial charge in [0.05, 0.1) is 0 Å². The first kappa shape index (κ1) is 12.4. The molecule has 0 spiro atoms. The minimum absolute atomic E-state index is 0.551. The fraction of sp³-hybridized carbons (Fsp3) is 0.769. The van der Waals surface area contributed by atoms with Crippen LogP contribution in [0, 0.1) is 5.92 Å². The SMILES string of the molecule is COCCCNc1nccn1C(C)CC1CC1. The monoisotopic (exact) mass is 237 g/mol. The quantitative estimate of drug-likeness (QED) is 0.707. The summed E-state index contributed by atoms with van der Waals surface area (Å²) in [5.41, 5.74) is 0. The molecule has 1 N–H and O–H groups in total. The fourth-order valence-corrected chi connectivity index (χ4v) is 2.17. The molecule has 1 unspecified atom stereocenters. The highest BCUT2D eigenvalue weighted by atomic mass is 16.5. The molecule has 0 aromatic carbocycles. The number of hydrogen-bond acceptors (Lipinski definition) is 3. The maximum atomic E-state index is 5.03. The van der Waals surface area contributed by atoms with Gasteiger partial charge in [0, 0.05) is 38.7 Å². The normalized spacial score (nSPS) is 17.1. The van der Waals surface area contributed by atoms with E-state index in [9.17, 15) is 0 Å². The van der Waals surface area contributed by atoms with Crippen LogP contribution in [0.4, 0.5) is 5.95 Å². The first-order valence-electron chi connectivity index (χ1n) is 6.57. The van der Waals surface area contributed by atoms with E-state index in [2.05, 4.69) is 28.0 Å². The van der Waals surface area contributed by atoms with E-state index in [-0.39, 0.29) is 0 Å². The molecule has 0 aliphatic heterocycles. The molecule has 1 aromatic rings. The van der Waals surface area contributed by atoms with Gasteiger partial charge < -0.3 is 14.6 Å². The van der Waals surface area contributed by atoms with Gasteiger partial charge in [-0.25, -0.2) is 4.98 Å². The first-order valence-corrected chi connectivity index (χ1v) is 6.57. The van der Waals surface area contributed by atoms with Crippen molar-refractivity contribution in [1.29, 1.82) is 0 Å². The van der Waals surface area contributed by atoms with Crippen LogP contribution >= 0.6 is 0 Å². The standard InChI is InChI=1S/C13H23N3O/c1-11(10-12-4-5-12)16-8-7-15-13(16)14-6-3-9-17-2/h7-8,11-12H,3-6,9-10H2,1-2H3,(H,14,15). The highest BCUT2D eigenvalue weighted by Crippen LogP contribution is 2.37. The van der Waals surface area contributed by atoms with Crippen LogP contribution in [0.1, 0.15) is 38.6 Å². The molecule has 1 heterocycles. The number of methoxy groups -OCH3 is 1. The van der Waals surface area contributed by atoms with Gasteiger partial charge in [-0.3, -0.25) is 0 Å². The van der Waals surface area contributed by atoms with Crippen molar-refractivity contribution >= 4 is 5.95 Å². The van der Waals surface area contributed by atoms with Crippen molar-refractivity contribution in [2.24, 2.45) is 5.92 Å². The molecule has 96 valence electrons. The third-order valence-corrected chi connectivity index (χ3v) is 3.32. The lowest BCUT2D eigenvalue weighted by atomic mass is 10.1. The molecule has 0 amide bonds. The highest BCUT2D eigenvalue weighted by molar-refractivity contribution is 5.26. The van der Waals surface area contributed by atoms with Crippen molar-refractivity contribution in [2.45, 2.75) is 38.6 Å². The van der Waals surface area contributed by atoms with Crippen molar-refractivity contribution in [3.05, 3.63) is 12.4 Å². The lowest BCUT2D eigenvalue weighted by Crippen LogP contribution is -2.13. The van der Waals surface area contributed by atoms with Crippen LogP contribution in [0.15, 0.2) is 12.4 Å². The van der Waals surface area contributed by atoms with Crippen LogP contribution in [0.2, 0.25) is 0 Å². The smallest absolute Gasteiger partial charge is 0.203 e. The summed E-state index contributed by atoms with van der Waals surface area (Å²) in [5, 5.41) is 3.37. The molecular weight excluding hydrogens is 214 g/mol. The minimum Gasteiger partial charge on any atom is -0.385 e. The lowest BCUT2D eigenvalue weighted by molar-refractivity contribution is 0.197. The van der Waals surface area contributed by atoms with Crippen LogP contribution in [-0.4, -0.2) is 29.8 Å². The van der Waals surface area contributed by atoms with E-state index < -0.39 is 0 Å². The highest BCUT2D eigenvalue weighted by Gasteiger charge is 2.24. The fourth-order valence-electron chi connectivity index (χ4n) is 2.17. The average molecular weight is 237 g/mol. The number of anilines is 1. The number of rotatable bonds is 8. The number of imidazole rings is 1. The number of nitrogens with zero attached hydrogens (tertiary/aromatic N) is 2. The second-order valence-corrected chi connectivity index (χ2v) is 4.96. The van der Waals surface area contributed by atoms with E-state index in [0.717, 1.165) is 31.4 Å².